The number of carbonyl (C=O) groups is 1. The second kappa shape index (κ2) is 12.4. The van der Waals surface area contributed by atoms with Crippen molar-refractivity contribution in [2.24, 2.45) is 0 Å². The van der Waals surface area contributed by atoms with Gasteiger partial charge in [-0.3, -0.25) is 9.36 Å². The molecule has 0 radical (unpaired) electrons. The first kappa shape index (κ1) is 29.8. The van der Waals surface area contributed by atoms with Gasteiger partial charge in [0.1, 0.15) is 42.5 Å². The average molecular weight is 609 g/mol. The maximum Gasteiger partial charge on any atom is 0.339 e. The zero-order valence-electron chi connectivity index (χ0n) is 25.0. The van der Waals surface area contributed by atoms with Gasteiger partial charge in [-0.15, -0.1) is 0 Å². The minimum atomic E-state index is -0.407. The van der Waals surface area contributed by atoms with Gasteiger partial charge in [0, 0.05) is 25.2 Å². The van der Waals surface area contributed by atoms with Crippen molar-refractivity contribution >= 4 is 28.6 Å². The molecule has 230 valence electrons. The highest BCUT2D eigenvalue weighted by Crippen LogP contribution is 2.27. The fourth-order valence-corrected chi connectivity index (χ4v) is 5.36. The SMILES string of the molecule is CN(C(=O)/C=C/C[N+](C)(O)[C@H]1CCOC1)c1cccc(-n2c(=O)n(-c3ccc(Oc4ccccc4)cc3)c3c(N)ncnc32)c1. The van der Waals surface area contributed by atoms with Crippen molar-refractivity contribution in [3.8, 4) is 22.9 Å². The Morgan fingerprint density at radius 1 is 1.07 bits per heavy atom. The Balaban J connectivity index is 1.29. The number of nitrogen functional groups attached to an aromatic ring is 1. The van der Waals surface area contributed by atoms with Crippen molar-refractivity contribution in [2.75, 3.05) is 44.5 Å². The van der Waals surface area contributed by atoms with Crippen LogP contribution in [0.4, 0.5) is 11.5 Å². The summed E-state index contributed by atoms with van der Waals surface area (Å²) in [4.78, 5) is 37.1. The Hall–Kier alpha value is -5.30. The number of carbonyl (C=O) groups excluding carboxylic acids is 1. The van der Waals surface area contributed by atoms with Crippen molar-refractivity contribution in [3.05, 3.63) is 108 Å². The van der Waals surface area contributed by atoms with E-state index in [1.165, 1.54) is 26.4 Å². The second-order valence-electron chi connectivity index (χ2n) is 11.0. The Labute approximate surface area is 259 Å². The molecule has 3 N–H and O–H groups in total. The number of benzene rings is 3. The summed E-state index contributed by atoms with van der Waals surface area (Å²) in [7, 11) is 3.35. The van der Waals surface area contributed by atoms with Gasteiger partial charge in [0.2, 0.25) is 0 Å². The lowest BCUT2D eigenvalue weighted by Gasteiger charge is -2.29. The van der Waals surface area contributed by atoms with Gasteiger partial charge in [-0.2, -0.15) is 4.65 Å². The molecular formula is C33H34N7O5+. The summed E-state index contributed by atoms with van der Waals surface area (Å²) in [5.41, 5.74) is 8.16. The number of hydroxylamine groups is 3. The summed E-state index contributed by atoms with van der Waals surface area (Å²) >= 11 is 0. The van der Waals surface area contributed by atoms with Crippen molar-refractivity contribution in [1.82, 2.24) is 19.1 Å². The highest BCUT2D eigenvalue weighted by atomic mass is 16.6. The molecule has 1 aliphatic heterocycles. The lowest BCUT2D eigenvalue weighted by atomic mass is 10.2. The summed E-state index contributed by atoms with van der Waals surface area (Å²) in [5.74, 6) is 1.16. The van der Waals surface area contributed by atoms with Crippen LogP contribution in [0.25, 0.3) is 22.5 Å². The molecule has 0 aliphatic carbocycles. The van der Waals surface area contributed by atoms with E-state index in [-0.39, 0.29) is 29.0 Å². The molecule has 0 bridgehead atoms. The number of fused-ring (bicyclic) bond motifs is 1. The quantitative estimate of drug-likeness (QED) is 0.145. The van der Waals surface area contributed by atoms with E-state index >= 15 is 0 Å². The Kier molecular flexibility index (Phi) is 8.18. The first-order valence-corrected chi connectivity index (χ1v) is 14.5. The van der Waals surface area contributed by atoms with Crippen molar-refractivity contribution < 1.29 is 24.1 Å². The van der Waals surface area contributed by atoms with Gasteiger partial charge < -0.3 is 20.1 Å². The predicted molar refractivity (Wildman–Crippen MR) is 170 cm³/mol. The van der Waals surface area contributed by atoms with Crippen LogP contribution < -0.4 is 21.1 Å². The summed E-state index contributed by atoms with van der Waals surface area (Å²) in [6.45, 7) is 1.38. The monoisotopic (exact) mass is 608 g/mol. The molecule has 3 heterocycles. The smallest absolute Gasteiger partial charge is 0.339 e. The molecule has 0 saturated carbocycles. The maximum absolute atomic E-state index is 14.0. The third-order valence-electron chi connectivity index (χ3n) is 7.96. The minimum Gasteiger partial charge on any atom is -0.457 e. The van der Waals surface area contributed by atoms with Gasteiger partial charge in [0.05, 0.1) is 25.0 Å². The maximum atomic E-state index is 14.0. The molecule has 1 amide bonds. The van der Waals surface area contributed by atoms with E-state index in [4.69, 9.17) is 15.2 Å². The third kappa shape index (κ3) is 6.07. The standard InChI is InChI=1S/C33H34N7O5/c1-37(29(41)12-7-18-40(2,43)26-17-19-44-21-26)24-8-6-9-25(20-24)39-32-30(31(34)35-22-36-32)38(33(39)42)23-13-15-28(16-14-23)45-27-10-4-3-5-11-27/h3-16,20,22,26,43H,17-19,21H2,1-2H3,(H2,34,35,36)/q+1/b12-7+/t26-,40?/m0/s1. The molecule has 5 aromatic rings. The first-order valence-electron chi connectivity index (χ1n) is 14.5. The number of aromatic nitrogens is 4. The number of hydrogen-bond acceptors (Lipinski definition) is 8. The van der Waals surface area contributed by atoms with E-state index in [1.54, 1.807) is 68.7 Å². The predicted octanol–water partition coefficient (Wildman–Crippen LogP) is 4.09. The highest BCUT2D eigenvalue weighted by Gasteiger charge is 2.34. The van der Waals surface area contributed by atoms with Crippen LogP contribution in [-0.4, -0.2) is 74.8 Å². The van der Waals surface area contributed by atoms with Crippen molar-refractivity contribution in [1.29, 1.82) is 0 Å². The van der Waals surface area contributed by atoms with E-state index < -0.39 is 5.69 Å². The number of rotatable bonds is 9. The zero-order valence-corrected chi connectivity index (χ0v) is 25.0. The number of nitrogens with zero attached hydrogens (tertiary/aromatic N) is 6. The van der Waals surface area contributed by atoms with Gasteiger partial charge in [0.15, 0.2) is 11.5 Å². The molecule has 2 atom stereocenters. The number of hydrogen-bond donors (Lipinski definition) is 2. The van der Waals surface area contributed by atoms with Crippen LogP contribution in [0.1, 0.15) is 6.42 Å². The summed E-state index contributed by atoms with van der Waals surface area (Å²) < 4.78 is 13.9. The van der Waals surface area contributed by atoms with Crippen molar-refractivity contribution in [2.45, 2.75) is 12.5 Å². The van der Waals surface area contributed by atoms with E-state index in [1.807, 2.05) is 30.3 Å². The molecule has 45 heavy (non-hydrogen) atoms. The minimum absolute atomic E-state index is 0.0296. The fraction of sp³-hybridized carbons (Fsp3) is 0.212. The fourth-order valence-electron chi connectivity index (χ4n) is 5.36. The summed E-state index contributed by atoms with van der Waals surface area (Å²) in [6.07, 6.45) is 5.17. The van der Waals surface area contributed by atoms with Gasteiger partial charge >= 0.3 is 5.69 Å². The molecule has 12 nitrogen and oxygen atoms in total. The Morgan fingerprint density at radius 2 is 1.82 bits per heavy atom. The molecule has 2 aromatic heterocycles. The normalized spacial score (nSPS) is 16.2. The Bertz CT molecular complexity index is 1910. The number of nitrogens with two attached hydrogens (primary N) is 1. The van der Waals surface area contributed by atoms with Crippen LogP contribution in [0, 0.1) is 0 Å². The molecule has 1 unspecified atom stereocenters. The van der Waals surface area contributed by atoms with E-state index in [0.717, 1.165) is 6.42 Å². The lowest BCUT2D eigenvalue weighted by molar-refractivity contribution is -1.10. The zero-order chi connectivity index (χ0) is 31.6. The topological polar surface area (TPSA) is 138 Å². The van der Waals surface area contributed by atoms with E-state index in [9.17, 15) is 14.8 Å². The van der Waals surface area contributed by atoms with Crippen LogP contribution >= 0.6 is 0 Å². The average Bonchev–Trinajstić information content (AvgIpc) is 3.69. The van der Waals surface area contributed by atoms with Crippen LogP contribution in [0.5, 0.6) is 11.5 Å². The highest BCUT2D eigenvalue weighted by molar-refractivity contribution is 6.01. The number of ether oxygens (including phenoxy) is 2. The van der Waals surface area contributed by atoms with Gasteiger partial charge in [-0.05, 0) is 60.7 Å². The van der Waals surface area contributed by atoms with Crippen molar-refractivity contribution in [3.63, 3.8) is 0 Å². The van der Waals surface area contributed by atoms with Crippen LogP contribution in [0.3, 0.4) is 0 Å². The molecule has 12 heteroatoms. The molecule has 1 fully saturated rings. The Morgan fingerprint density at radius 3 is 2.56 bits per heavy atom. The van der Waals surface area contributed by atoms with E-state index in [0.29, 0.717) is 52.9 Å². The molecule has 6 rings (SSSR count). The number of quaternary nitrogens is 1. The molecular weight excluding hydrogens is 574 g/mol. The molecule has 3 aromatic carbocycles. The molecule has 1 saturated heterocycles. The number of anilines is 2. The third-order valence-corrected chi connectivity index (χ3v) is 7.96. The number of likely N-dealkylation sites (N-methyl/N-ethyl adjacent to an activating group) is 2. The van der Waals surface area contributed by atoms with Gasteiger partial charge in [0.25, 0.3) is 5.91 Å². The lowest BCUT2D eigenvalue weighted by Crippen LogP contribution is -2.50. The number of amides is 1. The largest absolute Gasteiger partial charge is 0.457 e. The van der Waals surface area contributed by atoms with Crippen LogP contribution in [-0.2, 0) is 9.53 Å². The molecule has 0 spiro atoms. The summed E-state index contributed by atoms with van der Waals surface area (Å²) in [5, 5.41) is 10.8. The number of para-hydroxylation sites is 1. The second-order valence-corrected chi connectivity index (χ2v) is 11.0. The van der Waals surface area contributed by atoms with Gasteiger partial charge in [-0.25, -0.2) is 24.5 Å². The summed E-state index contributed by atoms with van der Waals surface area (Å²) in [6, 6.07) is 23.5. The van der Waals surface area contributed by atoms with Gasteiger partial charge in [-0.1, -0.05) is 24.3 Å². The van der Waals surface area contributed by atoms with E-state index in [2.05, 4.69) is 9.97 Å². The van der Waals surface area contributed by atoms with Crippen LogP contribution in [0.2, 0.25) is 0 Å². The first-order chi connectivity index (χ1) is 21.7. The molecule has 1 aliphatic rings. The van der Waals surface area contributed by atoms with Crippen LogP contribution in [0.15, 0.2) is 102 Å². The number of imidazole rings is 1.